The van der Waals surface area contributed by atoms with E-state index in [4.69, 9.17) is 28.0 Å². The van der Waals surface area contributed by atoms with Gasteiger partial charge in [-0.3, -0.25) is 52.9 Å². The van der Waals surface area contributed by atoms with Crippen LogP contribution < -0.4 is 65.5 Å². The van der Waals surface area contributed by atoms with Crippen molar-refractivity contribution in [3.05, 3.63) is 29.8 Å². The van der Waals surface area contributed by atoms with E-state index in [0.717, 1.165) is 13.8 Å². The lowest BCUT2D eigenvalue weighted by atomic mass is 9.95. The third-order valence-corrected chi connectivity index (χ3v) is 11.3. The summed E-state index contributed by atoms with van der Waals surface area (Å²) >= 11 is 0. The van der Waals surface area contributed by atoms with Crippen molar-refractivity contribution in [2.24, 2.45) is 39.8 Å². The Morgan fingerprint density at radius 2 is 1.07 bits per heavy atom. The van der Waals surface area contributed by atoms with Gasteiger partial charge in [0.1, 0.15) is 48.0 Å². The number of carboxylic acid groups (broad SMARTS) is 1. The van der Waals surface area contributed by atoms with E-state index in [-0.39, 0.29) is 50.4 Å². The molecule has 0 radical (unpaired) electrons. The van der Waals surface area contributed by atoms with Crippen LogP contribution in [-0.4, -0.2) is 171 Å². The maximum absolute atomic E-state index is 14.0. The highest BCUT2D eigenvalue weighted by Crippen LogP contribution is 2.14. The second kappa shape index (κ2) is 31.2. The van der Waals surface area contributed by atoms with Crippen LogP contribution in [0.2, 0.25) is 0 Å². The molecule has 0 aliphatic rings. The van der Waals surface area contributed by atoms with Crippen LogP contribution in [0.1, 0.15) is 79.2 Å². The number of amides is 9. The first-order valence-corrected chi connectivity index (χ1v) is 23.1. The molecule has 9 amide bonds. The lowest BCUT2D eigenvalue weighted by Crippen LogP contribution is -2.64. The van der Waals surface area contributed by atoms with Crippen LogP contribution in [-0.2, 0) is 54.4 Å². The van der Waals surface area contributed by atoms with Crippen LogP contribution >= 0.6 is 0 Å². The number of aliphatic hydroxyl groups is 3. The van der Waals surface area contributed by atoms with E-state index < -0.39 is 151 Å². The minimum atomic E-state index is -1.81. The number of aliphatic hydroxyl groups excluding tert-OH is 3. The van der Waals surface area contributed by atoms with Crippen molar-refractivity contribution in [1.82, 2.24) is 42.5 Å². The summed E-state index contributed by atoms with van der Waals surface area (Å²) in [6, 6.07) is -6.58. The Bertz CT molecular complexity index is 2050. The van der Waals surface area contributed by atoms with Crippen LogP contribution in [0.25, 0.3) is 0 Å². The zero-order valence-corrected chi connectivity index (χ0v) is 41.2. The quantitative estimate of drug-likeness (QED) is 0.0181. The maximum atomic E-state index is 14.0. The summed E-state index contributed by atoms with van der Waals surface area (Å²) in [4.78, 5) is 134. The number of carbonyl (C=O) groups is 10. The van der Waals surface area contributed by atoms with E-state index in [2.05, 4.69) is 47.5 Å². The monoisotopic (exact) mass is 1020 g/mol. The lowest BCUT2D eigenvalue weighted by Gasteiger charge is -2.31. The Balaban J connectivity index is 3.30. The minimum Gasteiger partial charge on any atom is -0.508 e. The van der Waals surface area contributed by atoms with Gasteiger partial charge in [0.2, 0.25) is 53.2 Å². The molecule has 0 spiro atoms. The zero-order chi connectivity index (χ0) is 55.0. The van der Waals surface area contributed by atoms with Gasteiger partial charge < -0.3 is 91.0 Å². The number of hydrogen-bond acceptors (Lipinski definition) is 16. The van der Waals surface area contributed by atoms with Crippen LogP contribution in [0.15, 0.2) is 29.3 Å². The first-order valence-electron chi connectivity index (χ1n) is 23.1. The van der Waals surface area contributed by atoms with Crippen LogP contribution in [0.5, 0.6) is 5.75 Å². The third kappa shape index (κ3) is 21.9. The van der Waals surface area contributed by atoms with Crippen molar-refractivity contribution in [3.8, 4) is 5.75 Å². The number of nitrogens with zero attached hydrogens (tertiary/aromatic N) is 1. The topological polar surface area (TPSA) is 485 Å². The largest absolute Gasteiger partial charge is 0.508 e. The van der Waals surface area contributed by atoms with Gasteiger partial charge in [-0.1, -0.05) is 52.7 Å². The van der Waals surface area contributed by atoms with Gasteiger partial charge in [0, 0.05) is 13.0 Å². The molecule has 0 aliphatic heterocycles. The minimum absolute atomic E-state index is 0.0205. The number of phenols is 1. The SMILES string of the molecule is CC[C@H](C)[C@H](NC(=O)[C@@H](NC(=O)[C@@H](NC(=O)[C@@H](NC(=O)[C@H](CO)NC(=O)[C@@H](N)CC(=O)O)[C@@H](C)O)[C@@H](C)CC)[C@@H](C)O)C(=O)N[C@@H](CCCN=C(N)N)C(=O)NCC(=O)N[C@@H](Cc1ccc(O)cc1)C(N)=O. The van der Waals surface area contributed by atoms with Crippen molar-refractivity contribution >= 4 is 65.1 Å². The van der Waals surface area contributed by atoms with Crippen molar-refractivity contribution in [1.29, 1.82) is 0 Å². The lowest BCUT2D eigenvalue weighted by molar-refractivity contribution is -0.140. The van der Waals surface area contributed by atoms with Gasteiger partial charge in [0.15, 0.2) is 5.96 Å². The number of nitrogens with two attached hydrogens (primary N) is 4. The van der Waals surface area contributed by atoms with E-state index in [9.17, 15) is 68.4 Å². The van der Waals surface area contributed by atoms with Crippen molar-refractivity contribution in [2.45, 2.75) is 141 Å². The van der Waals surface area contributed by atoms with Crippen LogP contribution in [0.4, 0.5) is 0 Å². The molecular weight excluding hydrogens is 951 g/mol. The number of guanidine groups is 1. The number of hydrogen-bond donors (Lipinski definition) is 17. The number of phenolic OH excluding ortho intramolecular Hbond substituents is 1. The molecule has 21 N–H and O–H groups in total. The molecule has 28 nitrogen and oxygen atoms in total. The van der Waals surface area contributed by atoms with Gasteiger partial charge in [-0.15, -0.1) is 0 Å². The molecule has 28 heteroatoms. The summed E-state index contributed by atoms with van der Waals surface area (Å²) in [5, 5.41) is 68.4. The smallest absolute Gasteiger partial charge is 0.305 e. The maximum Gasteiger partial charge on any atom is 0.305 e. The van der Waals surface area contributed by atoms with Crippen LogP contribution in [0, 0.1) is 11.8 Å². The second-order valence-corrected chi connectivity index (χ2v) is 17.3. The molecule has 0 bridgehead atoms. The number of primary amides is 1. The Morgan fingerprint density at radius 3 is 1.51 bits per heavy atom. The predicted molar refractivity (Wildman–Crippen MR) is 257 cm³/mol. The molecule has 72 heavy (non-hydrogen) atoms. The number of carboxylic acids is 1. The van der Waals surface area contributed by atoms with Crippen molar-refractivity contribution in [3.63, 3.8) is 0 Å². The van der Waals surface area contributed by atoms with E-state index in [1.165, 1.54) is 24.3 Å². The third-order valence-electron chi connectivity index (χ3n) is 11.3. The van der Waals surface area contributed by atoms with E-state index in [0.29, 0.717) is 5.56 Å². The molecule has 0 aromatic heterocycles. The summed E-state index contributed by atoms with van der Waals surface area (Å²) < 4.78 is 0. The Hall–Kier alpha value is -7.17. The molecule has 1 rings (SSSR count). The normalized spacial score (nSPS) is 16.0. The number of nitrogens with one attached hydrogen (secondary N) is 8. The van der Waals surface area contributed by atoms with Crippen molar-refractivity contribution < 1.29 is 73.5 Å². The van der Waals surface area contributed by atoms with Crippen molar-refractivity contribution in [2.75, 3.05) is 19.7 Å². The molecule has 1 aromatic rings. The number of carbonyl (C=O) groups excluding carboxylic acids is 9. The highest BCUT2D eigenvalue weighted by Gasteiger charge is 2.38. The fourth-order valence-corrected chi connectivity index (χ4v) is 6.61. The summed E-state index contributed by atoms with van der Waals surface area (Å²) in [6.45, 7) is 7.12. The Kier molecular flexibility index (Phi) is 27.3. The molecular formula is C44H73N13O15. The number of rotatable bonds is 32. The predicted octanol–water partition coefficient (Wildman–Crippen LogP) is -6.37. The van der Waals surface area contributed by atoms with Crippen LogP contribution in [0.3, 0.4) is 0 Å². The van der Waals surface area contributed by atoms with Gasteiger partial charge in [0.05, 0.1) is 37.8 Å². The van der Waals surface area contributed by atoms with E-state index in [1.807, 2.05) is 0 Å². The number of benzene rings is 1. The van der Waals surface area contributed by atoms with Gasteiger partial charge in [-0.25, -0.2) is 0 Å². The van der Waals surface area contributed by atoms with Gasteiger partial charge in [0.25, 0.3) is 0 Å². The molecule has 0 saturated carbocycles. The average Bonchev–Trinajstić information content (AvgIpc) is 3.31. The molecule has 404 valence electrons. The van der Waals surface area contributed by atoms with Gasteiger partial charge >= 0.3 is 5.97 Å². The second-order valence-electron chi connectivity index (χ2n) is 17.3. The first kappa shape index (κ1) is 62.8. The average molecular weight is 1020 g/mol. The first-order chi connectivity index (χ1) is 33.7. The molecule has 0 saturated heterocycles. The molecule has 1 aromatic carbocycles. The summed E-state index contributed by atoms with van der Waals surface area (Å²) in [5.74, 6) is -12.0. The summed E-state index contributed by atoms with van der Waals surface area (Å²) in [6.07, 6.45) is -3.54. The Morgan fingerprint density at radius 1 is 0.611 bits per heavy atom. The van der Waals surface area contributed by atoms with Gasteiger partial charge in [-0.2, -0.15) is 0 Å². The van der Waals surface area contributed by atoms with Gasteiger partial charge in [-0.05, 0) is 56.2 Å². The highest BCUT2D eigenvalue weighted by atomic mass is 16.4. The number of aromatic hydroxyl groups is 1. The summed E-state index contributed by atoms with van der Waals surface area (Å²) in [5.41, 5.74) is 22.4. The standard InChI is InChI=1S/C44H73N13O15/c1-7-20(3)32(40(69)52-27(10-9-15-49-44(47)48)38(67)50-18-30(62)51-28(36(46)65)16-24-11-13-25(61)14-12-24)54-43(72)35(23(6)60)57-41(70)33(21(4)8-2)55-42(71)34(22(5)59)56-39(68)29(19-58)53-37(66)26(45)17-31(63)64/h11-14,20-23,26-29,32-35,58-61H,7-10,15-19,45H2,1-6H3,(H2,46,65)(H,50,67)(H,51,62)(H,52,69)(H,53,66)(H,54,72)(H,55,71)(H,56,68)(H,57,70)(H,63,64)(H4,47,48,49)/t20-,21-,22+,23+,26-,27-,28-,29-,32-,33-,34-,35-/m0/s1. The van der Waals surface area contributed by atoms with E-state index >= 15 is 0 Å². The fourth-order valence-electron chi connectivity index (χ4n) is 6.61. The fraction of sp³-hybridized carbons (Fsp3) is 0.614. The highest BCUT2D eigenvalue weighted by molar-refractivity contribution is 5.98. The summed E-state index contributed by atoms with van der Waals surface area (Å²) in [7, 11) is 0. The molecule has 0 unspecified atom stereocenters. The molecule has 0 heterocycles. The zero-order valence-electron chi connectivity index (χ0n) is 41.2. The molecule has 0 aliphatic carbocycles. The Labute approximate surface area is 416 Å². The van der Waals surface area contributed by atoms with E-state index in [1.54, 1.807) is 27.7 Å². The number of aliphatic imine (C=N–C) groups is 1. The molecule has 0 fully saturated rings. The molecule has 12 atom stereocenters. The number of aliphatic carboxylic acids is 1.